The number of urea groups is 1. The number of hydrogen-bond donors (Lipinski definition) is 1. The highest BCUT2D eigenvalue weighted by atomic mass is 16.2. The number of rotatable bonds is 7. The molecule has 28 heavy (non-hydrogen) atoms. The van der Waals surface area contributed by atoms with E-state index in [1.807, 2.05) is 44.3 Å². The Hall–Kier alpha value is -3.15. The van der Waals surface area contributed by atoms with Crippen LogP contribution in [-0.2, 0) is 19.6 Å². The molecule has 0 atom stereocenters. The van der Waals surface area contributed by atoms with Crippen LogP contribution in [0.2, 0.25) is 0 Å². The van der Waals surface area contributed by atoms with Gasteiger partial charge in [0.25, 0.3) is 0 Å². The van der Waals surface area contributed by atoms with E-state index >= 15 is 0 Å². The number of imidazole rings is 1. The molecular weight excluding hydrogens is 350 g/mol. The van der Waals surface area contributed by atoms with E-state index in [1.54, 1.807) is 23.5 Å². The third kappa shape index (κ3) is 5.19. The molecule has 1 N–H and O–H groups in total. The van der Waals surface area contributed by atoms with Gasteiger partial charge in [-0.2, -0.15) is 0 Å². The van der Waals surface area contributed by atoms with Crippen molar-refractivity contribution in [2.45, 2.75) is 46.4 Å². The lowest BCUT2D eigenvalue weighted by Gasteiger charge is -2.24. The second-order valence-corrected chi connectivity index (χ2v) is 7.22. The van der Waals surface area contributed by atoms with Gasteiger partial charge in [0, 0.05) is 43.9 Å². The number of carbonyl (C=O) groups is 1. The van der Waals surface area contributed by atoms with E-state index in [4.69, 9.17) is 0 Å². The van der Waals surface area contributed by atoms with Crippen molar-refractivity contribution in [1.82, 2.24) is 24.8 Å². The van der Waals surface area contributed by atoms with Crippen LogP contribution in [-0.4, -0.2) is 31.5 Å². The van der Waals surface area contributed by atoms with E-state index in [0.29, 0.717) is 13.1 Å². The van der Waals surface area contributed by atoms with Gasteiger partial charge in [0.2, 0.25) is 0 Å². The predicted molar refractivity (Wildman–Crippen MR) is 110 cm³/mol. The van der Waals surface area contributed by atoms with Crippen LogP contribution in [0.3, 0.4) is 0 Å². The Bertz CT molecular complexity index is 904. The number of hydrogen-bond acceptors (Lipinski definition) is 3. The first kappa shape index (κ1) is 19.6. The van der Waals surface area contributed by atoms with E-state index in [9.17, 15) is 4.79 Å². The number of carbonyl (C=O) groups excluding carboxylic acids is 1. The lowest BCUT2D eigenvalue weighted by Crippen LogP contribution is -2.42. The van der Waals surface area contributed by atoms with Gasteiger partial charge in [0.15, 0.2) is 0 Å². The molecule has 0 aliphatic carbocycles. The number of nitrogens with zero attached hydrogens (tertiary/aromatic N) is 4. The zero-order chi connectivity index (χ0) is 19.9. The molecule has 6 nitrogen and oxygen atoms in total. The fraction of sp³-hybridized carbons (Fsp3) is 0.318. The maximum Gasteiger partial charge on any atom is 0.318 e. The van der Waals surface area contributed by atoms with Crippen molar-refractivity contribution in [1.29, 1.82) is 0 Å². The minimum Gasteiger partial charge on any atom is -0.336 e. The van der Waals surface area contributed by atoms with Crippen molar-refractivity contribution < 1.29 is 4.79 Å². The van der Waals surface area contributed by atoms with E-state index < -0.39 is 0 Å². The molecule has 0 aliphatic heterocycles. The highest BCUT2D eigenvalue weighted by molar-refractivity contribution is 5.74. The van der Waals surface area contributed by atoms with Crippen LogP contribution in [0, 0.1) is 6.92 Å². The summed E-state index contributed by atoms with van der Waals surface area (Å²) in [5.41, 5.74) is 3.47. The average molecular weight is 377 g/mol. The fourth-order valence-electron chi connectivity index (χ4n) is 3.03. The van der Waals surface area contributed by atoms with E-state index in [0.717, 1.165) is 17.9 Å². The maximum atomic E-state index is 12.8. The Balaban J connectivity index is 1.80. The van der Waals surface area contributed by atoms with Gasteiger partial charge in [0.1, 0.15) is 5.82 Å². The lowest BCUT2D eigenvalue weighted by atomic mass is 10.1. The minimum atomic E-state index is -0.107. The summed E-state index contributed by atoms with van der Waals surface area (Å²) in [7, 11) is 0. The SMILES string of the molecule is Cc1ccccc1Cn1ccnc1CN(Cc1cccnc1)C(=O)NC(C)C. The number of benzene rings is 1. The Labute approximate surface area is 166 Å². The molecule has 0 bridgehead atoms. The molecule has 2 aromatic heterocycles. The number of amides is 2. The lowest BCUT2D eigenvalue weighted by molar-refractivity contribution is 0.187. The van der Waals surface area contributed by atoms with Crippen LogP contribution in [0.25, 0.3) is 0 Å². The van der Waals surface area contributed by atoms with Gasteiger partial charge in [-0.1, -0.05) is 30.3 Å². The Morgan fingerprint density at radius 3 is 2.68 bits per heavy atom. The van der Waals surface area contributed by atoms with Gasteiger partial charge >= 0.3 is 6.03 Å². The van der Waals surface area contributed by atoms with Crippen LogP contribution in [0.4, 0.5) is 4.79 Å². The molecule has 0 saturated heterocycles. The van der Waals surface area contributed by atoms with Crippen LogP contribution in [0.5, 0.6) is 0 Å². The Kier molecular flexibility index (Phi) is 6.42. The molecule has 2 amide bonds. The van der Waals surface area contributed by atoms with Crippen LogP contribution in [0.1, 0.15) is 36.4 Å². The van der Waals surface area contributed by atoms with Gasteiger partial charge < -0.3 is 14.8 Å². The summed E-state index contributed by atoms with van der Waals surface area (Å²) in [6.45, 7) is 7.65. The summed E-state index contributed by atoms with van der Waals surface area (Å²) in [5.74, 6) is 0.853. The van der Waals surface area contributed by atoms with Crippen LogP contribution in [0.15, 0.2) is 61.2 Å². The van der Waals surface area contributed by atoms with Crippen molar-refractivity contribution in [3.05, 3.63) is 83.7 Å². The van der Waals surface area contributed by atoms with Crippen molar-refractivity contribution in [2.24, 2.45) is 0 Å². The number of nitrogens with one attached hydrogen (secondary N) is 1. The van der Waals surface area contributed by atoms with E-state index in [2.05, 4.69) is 38.9 Å². The molecule has 3 aromatic rings. The molecule has 0 aliphatic rings. The number of aryl methyl sites for hydroxylation is 1. The fourth-order valence-corrected chi connectivity index (χ4v) is 3.03. The first-order valence-corrected chi connectivity index (χ1v) is 9.52. The summed E-state index contributed by atoms with van der Waals surface area (Å²) >= 11 is 0. The van der Waals surface area contributed by atoms with E-state index in [1.165, 1.54) is 11.1 Å². The quantitative estimate of drug-likeness (QED) is 0.682. The normalized spacial score (nSPS) is 10.9. The second-order valence-electron chi connectivity index (χ2n) is 7.22. The highest BCUT2D eigenvalue weighted by Gasteiger charge is 2.18. The maximum absolute atomic E-state index is 12.8. The van der Waals surface area contributed by atoms with E-state index in [-0.39, 0.29) is 12.1 Å². The minimum absolute atomic E-state index is 0.0654. The Morgan fingerprint density at radius 1 is 1.14 bits per heavy atom. The monoisotopic (exact) mass is 377 g/mol. The van der Waals surface area contributed by atoms with Crippen molar-refractivity contribution in [2.75, 3.05) is 0 Å². The zero-order valence-electron chi connectivity index (χ0n) is 16.7. The van der Waals surface area contributed by atoms with Crippen LogP contribution >= 0.6 is 0 Å². The molecule has 146 valence electrons. The number of pyridine rings is 1. The second kappa shape index (κ2) is 9.17. The molecule has 0 radical (unpaired) electrons. The molecule has 0 fully saturated rings. The van der Waals surface area contributed by atoms with Gasteiger partial charge in [0.05, 0.1) is 6.54 Å². The van der Waals surface area contributed by atoms with Gasteiger partial charge in [-0.15, -0.1) is 0 Å². The molecule has 1 aromatic carbocycles. The first-order valence-electron chi connectivity index (χ1n) is 9.52. The summed E-state index contributed by atoms with van der Waals surface area (Å²) in [5, 5.41) is 2.98. The third-order valence-corrected chi connectivity index (χ3v) is 4.53. The molecule has 0 unspecified atom stereocenters. The molecule has 2 heterocycles. The predicted octanol–water partition coefficient (Wildman–Crippen LogP) is 3.76. The Morgan fingerprint density at radius 2 is 1.96 bits per heavy atom. The van der Waals surface area contributed by atoms with Gasteiger partial charge in [-0.25, -0.2) is 9.78 Å². The standard InChI is InChI=1S/C22H27N5O/c1-17(2)25-22(28)27(14-19-8-6-10-23-13-19)16-21-24-11-12-26(21)15-20-9-5-4-7-18(20)3/h4-13,17H,14-16H2,1-3H3,(H,25,28). The smallest absolute Gasteiger partial charge is 0.318 e. The summed E-state index contributed by atoms with van der Waals surface area (Å²) in [4.78, 5) is 23.2. The molecule has 0 spiro atoms. The third-order valence-electron chi connectivity index (χ3n) is 4.53. The molecule has 6 heteroatoms. The average Bonchev–Trinajstić information content (AvgIpc) is 3.10. The van der Waals surface area contributed by atoms with Gasteiger partial charge in [-0.05, 0) is 43.5 Å². The molecule has 0 saturated carbocycles. The highest BCUT2D eigenvalue weighted by Crippen LogP contribution is 2.13. The molecule has 3 rings (SSSR count). The van der Waals surface area contributed by atoms with Gasteiger partial charge in [-0.3, -0.25) is 4.98 Å². The van der Waals surface area contributed by atoms with Crippen molar-refractivity contribution in [3.63, 3.8) is 0 Å². The molecular formula is C22H27N5O. The number of aromatic nitrogens is 3. The summed E-state index contributed by atoms with van der Waals surface area (Å²) < 4.78 is 2.10. The van der Waals surface area contributed by atoms with Crippen molar-refractivity contribution >= 4 is 6.03 Å². The van der Waals surface area contributed by atoms with Crippen molar-refractivity contribution in [3.8, 4) is 0 Å². The first-order chi connectivity index (χ1) is 13.5. The largest absolute Gasteiger partial charge is 0.336 e. The summed E-state index contributed by atoms with van der Waals surface area (Å²) in [6, 6.07) is 12.1. The summed E-state index contributed by atoms with van der Waals surface area (Å²) in [6.07, 6.45) is 7.27. The zero-order valence-corrected chi connectivity index (χ0v) is 16.7. The topological polar surface area (TPSA) is 63.1 Å². The van der Waals surface area contributed by atoms with Crippen LogP contribution < -0.4 is 5.32 Å².